The second kappa shape index (κ2) is 6.19. The van der Waals surface area contributed by atoms with E-state index in [1.54, 1.807) is 28.6 Å². The number of aryl methyl sites for hydroxylation is 1. The molecule has 4 aromatic rings. The zero-order valence-corrected chi connectivity index (χ0v) is 14.6. The average Bonchev–Trinajstić information content (AvgIpc) is 3.02. The number of hydrogen-bond acceptors (Lipinski definition) is 3. The minimum absolute atomic E-state index is 0.152. The van der Waals surface area contributed by atoms with Gasteiger partial charge in [-0.1, -0.05) is 30.3 Å². The molecule has 0 N–H and O–H groups in total. The topological polar surface area (TPSA) is 55.5 Å². The third kappa shape index (κ3) is 2.40. The van der Waals surface area contributed by atoms with Crippen LogP contribution in [0.1, 0.15) is 17.4 Å². The summed E-state index contributed by atoms with van der Waals surface area (Å²) >= 11 is 0. The third-order valence-corrected chi connectivity index (χ3v) is 4.65. The Balaban J connectivity index is 1.93. The van der Waals surface area contributed by atoms with Crippen molar-refractivity contribution >= 4 is 33.5 Å². The predicted octanol–water partition coefficient (Wildman–Crippen LogP) is 3.95. The summed E-state index contributed by atoms with van der Waals surface area (Å²) in [5.41, 5.74) is 2.07. The molecule has 5 nitrogen and oxygen atoms in total. The van der Waals surface area contributed by atoms with E-state index in [9.17, 15) is 9.59 Å². The van der Waals surface area contributed by atoms with E-state index in [-0.39, 0.29) is 5.91 Å². The van der Waals surface area contributed by atoms with Gasteiger partial charge >= 0.3 is 5.63 Å². The van der Waals surface area contributed by atoms with Crippen LogP contribution in [-0.2, 0) is 7.05 Å². The van der Waals surface area contributed by atoms with Crippen molar-refractivity contribution < 1.29 is 9.21 Å². The van der Waals surface area contributed by atoms with Gasteiger partial charge in [-0.05, 0) is 37.3 Å². The highest BCUT2D eigenvalue weighted by molar-refractivity contribution is 6.11. The molecule has 2 heterocycles. The molecular weight excluding hydrogens is 328 g/mol. The highest BCUT2D eigenvalue weighted by Gasteiger charge is 2.23. The van der Waals surface area contributed by atoms with Crippen LogP contribution in [0.2, 0.25) is 0 Å². The lowest BCUT2D eigenvalue weighted by Crippen LogP contribution is -2.31. The SMILES string of the molecule is CCN(C(=O)c1cc2c(=O)oc3ccccc3c2n1C)c1ccccc1. The molecular formula is C21H18N2O3. The predicted molar refractivity (Wildman–Crippen MR) is 103 cm³/mol. The molecule has 130 valence electrons. The Morgan fingerprint density at radius 1 is 1.04 bits per heavy atom. The molecule has 2 aromatic heterocycles. The number of carbonyl (C=O) groups excluding carboxylic acids is 1. The first-order valence-corrected chi connectivity index (χ1v) is 8.50. The van der Waals surface area contributed by atoms with E-state index in [0.29, 0.717) is 28.7 Å². The highest BCUT2D eigenvalue weighted by Crippen LogP contribution is 2.26. The van der Waals surface area contributed by atoms with E-state index in [1.165, 1.54) is 0 Å². The van der Waals surface area contributed by atoms with Gasteiger partial charge in [0.2, 0.25) is 0 Å². The summed E-state index contributed by atoms with van der Waals surface area (Å²) in [5.74, 6) is -0.152. The lowest BCUT2D eigenvalue weighted by molar-refractivity contribution is 0.0981. The number of carbonyl (C=O) groups is 1. The molecule has 0 unspecified atom stereocenters. The van der Waals surface area contributed by atoms with Crippen molar-refractivity contribution in [3.63, 3.8) is 0 Å². The molecule has 5 heteroatoms. The van der Waals surface area contributed by atoms with Gasteiger partial charge in [0, 0.05) is 24.7 Å². The third-order valence-electron chi connectivity index (χ3n) is 4.65. The Labute approximate surface area is 150 Å². The summed E-state index contributed by atoms with van der Waals surface area (Å²) in [6, 6.07) is 18.5. The summed E-state index contributed by atoms with van der Waals surface area (Å²) in [6.45, 7) is 2.46. The Bertz CT molecular complexity index is 1170. The standard InChI is InChI=1S/C21H18N2O3/c1-3-23(14-9-5-4-6-10-14)20(24)17-13-16-19(22(17)2)15-11-7-8-12-18(15)26-21(16)25/h4-13H,3H2,1-2H3. The fourth-order valence-electron chi connectivity index (χ4n) is 3.39. The van der Waals surface area contributed by atoms with Crippen LogP contribution in [0, 0.1) is 0 Å². The minimum Gasteiger partial charge on any atom is -0.422 e. The van der Waals surface area contributed by atoms with Gasteiger partial charge in [0.05, 0.1) is 10.9 Å². The first-order valence-electron chi connectivity index (χ1n) is 8.50. The fourth-order valence-corrected chi connectivity index (χ4v) is 3.39. The van der Waals surface area contributed by atoms with Crippen molar-refractivity contribution in [3.8, 4) is 0 Å². The molecule has 2 aromatic carbocycles. The molecule has 0 fully saturated rings. The number of nitrogens with zero attached hydrogens (tertiary/aromatic N) is 2. The van der Waals surface area contributed by atoms with E-state index < -0.39 is 5.63 Å². The van der Waals surface area contributed by atoms with E-state index >= 15 is 0 Å². The van der Waals surface area contributed by atoms with E-state index in [2.05, 4.69) is 0 Å². The van der Waals surface area contributed by atoms with Crippen molar-refractivity contribution in [1.29, 1.82) is 0 Å². The molecule has 26 heavy (non-hydrogen) atoms. The van der Waals surface area contributed by atoms with Crippen LogP contribution in [0.3, 0.4) is 0 Å². The van der Waals surface area contributed by atoms with Crippen LogP contribution in [0.5, 0.6) is 0 Å². The van der Waals surface area contributed by atoms with Crippen LogP contribution >= 0.6 is 0 Å². The van der Waals surface area contributed by atoms with Gasteiger partial charge in [-0.2, -0.15) is 0 Å². The summed E-state index contributed by atoms with van der Waals surface area (Å²) in [7, 11) is 1.81. The van der Waals surface area contributed by atoms with Crippen molar-refractivity contribution in [1.82, 2.24) is 4.57 Å². The highest BCUT2D eigenvalue weighted by atomic mass is 16.4. The number of hydrogen-bond donors (Lipinski definition) is 0. The van der Waals surface area contributed by atoms with Crippen LogP contribution in [0.4, 0.5) is 5.69 Å². The Morgan fingerprint density at radius 3 is 2.46 bits per heavy atom. The van der Waals surface area contributed by atoms with E-state index in [4.69, 9.17) is 4.42 Å². The quantitative estimate of drug-likeness (QED) is 0.528. The molecule has 0 aliphatic rings. The van der Waals surface area contributed by atoms with Crippen molar-refractivity contribution in [2.24, 2.45) is 7.05 Å². The van der Waals surface area contributed by atoms with Gasteiger partial charge in [0.15, 0.2) is 0 Å². The van der Waals surface area contributed by atoms with Gasteiger partial charge in [0.1, 0.15) is 11.3 Å². The van der Waals surface area contributed by atoms with Gasteiger partial charge in [0.25, 0.3) is 5.91 Å². The molecule has 0 spiro atoms. The second-order valence-electron chi connectivity index (χ2n) is 6.12. The molecule has 0 aliphatic heterocycles. The minimum atomic E-state index is -0.434. The van der Waals surface area contributed by atoms with Crippen molar-refractivity contribution in [2.75, 3.05) is 11.4 Å². The molecule has 0 aliphatic carbocycles. The monoisotopic (exact) mass is 346 g/mol. The number of anilines is 1. The summed E-state index contributed by atoms with van der Waals surface area (Å²) in [6.07, 6.45) is 0. The van der Waals surface area contributed by atoms with Crippen molar-refractivity contribution in [3.05, 3.63) is 76.8 Å². The summed E-state index contributed by atoms with van der Waals surface area (Å²) in [4.78, 5) is 27.3. The Hall–Kier alpha value is -3.34. The van der Waals surface area contributed by atoms with E-state index in [1.807, 2.05) is 55.5 Å². The smallest absolute Gasteiger partial charge is 0.345 e. The number of rotatable bonds is 3. The largest absolute Gasteiger partial charge is 0.422 e. The zero-order valence-electron chi connectivity index (χ0n) is 14.6. The van der Waals surface area contributed by atoms with Gasteiger partial charge < -0.3 is 13.9 Å². The summed E-state index contributed by atoms with van der Waals surface area (Å²) < 4.78 is 7.18. The molecule has 0 radical (unpaired) electrons. The van der Waals surface area contributed by atoms with E-state index in [0.717, 1.165) is 11.1 Å². The fraction of sp³-hybridized carbons (Fsp3) is 0.143. The lowest BCUT2D eigenvalue weighted by Gasteiger charge is -2.21. The lowest BCUT2D eigenvalue weighted by atomic mass is 10.2. The van der Waals surface area contributed by atoms with Crippen LogP contribution in [-0.4, -0.2) is 17.0 Å². The van der Waals surface area contributed by atoms with Gasteiger partial charge in [-0.15, -0.1) is 0 Å². The number of benzene rings is 2. The summed E-state index contributed by atoms with van der Waals surface area (Å²) in [5, 5.41) is 1.23. The van der Waals surface area contributed by atoms with Crippen molar-refractivity contribution in [2.45, 2.75) is 6.92 Å². The van der Waals surface area contributed by atoms with Gasteiger partial charge in [-0.25, -0.2) is 4.79 Å². The Kier molecular flexibility index (Phi) is 3.84. The van der Waals surface area contributed by atoms with Crippen LogP contribution < -0.4 is 10.5 Å². The normalized spacial score (nSPS) is 11.2. The zero-order chi connectivity index (χ0) is 18.3. The average molecular weight is 346 g/mol. The number of para-hydroxylation sites is 2. The second-order valence-corrected chi connectivity index (χ2v) is 6.12. The molecule has 4 rings (SSSR count). The number of aromatic nitrogens is 1. The number of amides is 1. The molecule has 1 amide bonds. The first-order chi connectivity index (χ1) is 12.6. The molecule has 0 bridgehead atoms. The van der Waals surface area contributed by atoms with Crippen LogP contribution in [0.15, 0.2) is 69.9 Å². The Morgan fingerprint density at radius 2 is 1.73 bits per heavy atom. The number of fused-ring (bicyclic) bond motifs is 3. The molecule has 0 atom stereocenters. The maximum absolute atomic E-state index is 13.2. The van der Waals surface area contributed by atoms with Gasteiger partial charge in [-0.3, -0.25) is 4.79 Å². The maximum atomic E-state index is 13.2. The first kappa shape index (κ1) is 16.1. The molecule has 0 saturated carbocycles. The maximum Gasteiger partial charge on any atom is 0.345 e. The molecule has 0 saturated heterocycles. The van der Waals surface area contributed by atoms with Crippen LogP contribution in [0.25, 0.3) is 21.9 Å².